The fourth-order valence-corrected chi connectivity index (χ4v) is 3.04. The lowest BCUT2D eigenvalue weighted by atomic mass is 10.0. The summed E-state index contributed by atoms with van der Waals surface area (Å²) in [7, 11) is 0. The van der Waals surface area contributed by atoms with Crippen LogP contribution in [-0.2, 0) is 4.79 Å². The standard InChI is InChI=1S/C18H15FO2/c1-11(20)15-16(12-7-9-14(19)10-8-12)17(15)18(21)13-5-3-2-4-6-13/h2-10,15-17H,1H3. The number of carbonyl (C=O) groups is 2. The first-order valence-corrected chi connectivity index (χ1v) is 6.95. The largest absolute Gasteiger partial charge is 0.300 e. The number of hydrogen-bond acceptors (Lipinski definition) is 2. The van der Waals surface area contributed by atoms with E-state index in [0.29, 0.717) is 5.56 Å². The van der Waals surface area contributed by atoms with Crippen molar-refractivity contribution in [1.82, 2.24) is 0 Å². The van der Waals surface area contributed by atoms with E-state index in [1.807, 2.05) is 18.2 Å². The first-order chi connectivity index (χ1) is 10.1. The van der Waals surface area contributed by atoms with Crippen molar-refractivity contribution < 1.29 is 14.0 Å². The number of halogens is 1. The average molecular weight is 282 g/mol. The lowest BCUT2D eigenvalue weighted by molar-refractivity contribution is -0.118. The normalized spacial score (nSPS) is 23.6. The summed E-state index contributed by atoms with van der Waals surface area (Å²) in [5, 5.41) is 0. The molecule has 2 aromatic rings. The predicted molar refractivity (Wildman–Crippen MR) is 77.6 cm³/mol. The van der Waals surface area contributed by atoms with Gasteiger partial charge in [-0.3, -0.25) is 9.59 Å². The van der Waals surface area contributed by atoms with Crippen LogP contribution in [0.1, 0.15) is 28.8 Å². The van der Waals surface area contributed by atoms with Crippen LogP contribution in [0.15, 0.2) is 54.6 Å². The first kappa shape index (κ1) is 13.7. The molecule has 0 bridgehead atoms. The molecule has 0 spiro atoms. The Morgan fingerprint density at radius 3 is 2.10 bits per heavy atom. The lowest BCUT2D eigenvalue weighted by Gasteiger charge is -2.00. The molecule has 0 amide bonds. The van der Waals surface area contributed by atoms with E-state index in [0.717, 1.165) is 5.56 Å². The summed E-state index contributed by atoms with van der Waals surface area (Å²) < 4.78 is 13.0. The highest BCUT2D eigenvalue weighted by Gasteiger charge is 2.57. The zero-order valence-electron chi connectivity index (χ0n) is 11.6. The molecule has 3 unspecified atom stereocenters. The smallest absolute Gasteiger partial charge is 0.167 e. The highest BCUT2D eigenvalue weighted by Crippen LogP contribution is 2.55. The molecule has 0 N–H and O–H groups in total. The summed E-state index contributed by atoms with van der Waals surface area (Å²) in [6.45, 7) is 1.51. The monoisotopic (exact) mass is 282 g/mol. The summed E-state index contributed by atoms with van der Waals surface area (Å²) in [4.78, 5) is 24.3. The molecule has 106 valence electrons. The lowest BCUT2D eigenvalue weighted by Crippen LogP contribution is -2.06. The van der Waals surface area contributed by atoms with Gasteiger partial charge in [0.1, 0.15) is 11.6 Å². The first-order valence-electron chi connectivity index (χ1n) is 6.95. The number of benzene rings is 2. The third kappa shape index (κ3) is 2.51. The molecule has 0 radical (unpaired) electrons. The number of carbonyl (C=O) groups excluding carboxylic acids is 2. The maximum atomic E-state index is 13.0. The van der Waals surface area contributed by atoms with Gasteiger partial charge in [0, 0.05) is 23.3 Å². The molecule has 0 aromatic heterocycles. The van der Waals surface area contributed by atoms with Crippen molar-refractivity contribution in [2.75, 3.05) is 0 Å². The van der Waals surface area contributed by atoms with Gasteiger partial charge in [0.05, 0.1) is 0 Å². The second-order valence-corrected chi connectivity index (χ2v) is 5.47. The van der Waals surface area contributed by atoms with Crippen molar-refractivity contribution in [2.45, 2.75) is 12.8 Å². The Balaban J connectivity index is 1.89. The van der Waals surface area contributed by atoms with E-state index in [1.54, 1.807) is 24.3 Å². The number of hydrogen-bond donors (Lipinski definition) is 0. The number of rotatable bonds is 4. The van der Waals surface area contributed by atoms with Crippen LogP contribution in [-0.4, -0.2) is 11.6 Å². The van der Waals surface area contributed by atoms with Crippen molar-refractivity contribution >= 4 is 11.6 Å². The van der Waals surface area contributed by atoms with Gasteiger partial charge in [-0.15, -0.1) is 0 Å². The Morgan fingerprint density at radius 1 is 0.905 bits per heavy atom. The molecule has 3 atom stereocenters. The topological polar surface area (TPSA) is 34.1 Å². The Kier molecular flexibility index (Phi) is 3.42. The fourth-order valence-electron chi connectivity index (χ4n) is 3.04. The molecule has 1 saturated carbocycles. The van der Waals surface area contributed by atoms with Crippen LogP contribution >= 0.6 is 0 Å². The van der Waals surface area contributed by atoms with E-state index in [4.69, 9.17) is 0 Å². The summed E-state index contributed by atoms with van der Waals surface area (Å²) in [5.41, 5.74) is 1.48. The molecule has 3 rings (SSSR count). The second-order valence-electron chi connectivity index (χ2n) is 5.47. The van der Waals surface area contributed by atoms with E-state index >= 15 is 0 Å². The maximum Gasteiger partial charge on any atom is 0.167 e. The molecule has 0 saturated heterocycles. The van der Waals surface area contributed by atoms with Crippen LogP contribution in [0.3, 0.4) is 0 Å². The molecule has 1 aliphatic rings. The quantitative estimate of drug-likeness (QED) is 0.802. The summed E-state index contributed by atoms with van der Waals surface area (Å²) in [5.74, 6) is -1.05. The van der Waals surface area contributed by atoms with Gasteiger partial charge in [-0.25, -0.2) is 4.39 Å². The van der Waals surface area contributed by atoms with Gasteiger partial charge >= 0.3 is 0 Å². The zero-order chi connectivity index (χ0) is 15.0. The minimum absolute atomic E-state index is 0.00914. The van der Waals surface area contributed by atoms with Crippen molar-refractivity contribution in [1.29, 1.82) is 0 Å². The third-order valence-electron chi connectivity index (χ3n) is 4.11. The van der Waals surface area contributed by atoms with E-state index in [-0.39, 0.29) is 35.1 Å². The minimum atomic E-state index is -0.324. The van der Waals surface area contributed by atoms with Crippen molar-refractivity contribution in [2.24, 2.45) is 11.8 Å². The van der Waals surface area contributed by atoms with Gasteiger partial charge in [0.15, 0.2) is 5.78 Å². The zero-order valence-corrected chi connectivity index (χ0v) is 11.6. The van der Waals surface area contributed by atoms with Gasteiger partial charge in [0.2, 0.25) is 0 Å². The number of ketones is 2. The molecular formula is C18H15FO2. The Morgan fingerprint density at radius 2 is 1.52 bits per heavy atom. The Hall–Kier alpha value is -2.29. The van der Waals surface area contributed by atoms with Gasteiger partial charge in [-0.05, 0) is 24.6 Å². The average Bonchev–Trinajstić information content (AvgIpc) is 3.24. The van der Waals surface area contributed by atoms with Crippen molar-refractivity contribution in [3.63, 3.8) is 0 Å². The second kappa shape index (κ2) is 5.24. The SMILES string of the molecule is CC(=O)C1C(C(=O)c2ccccc2)C1c1ccc(F)cc1. The Bertz CT molecular complexity index is 676. The van der Waals surface area contributed by atoms with E-state index in [1.165, 1.54) is 19.1 Å². The van der Waals surface area contributed by atoms with Crippen LogP contribution in [0.2, 0.25) is 0 Å². The molecular weight excluding hydrogens is 267 g/mol. The fraction of sp³-hybridized carbons (Fsp3) is 0.222. The molecule has 1 aliphatic carbocycles. The summed E-state index contributed by atoms with van der Waals surface area (Å²) in [6.07, 6.45) is 0. The molecule has 21 heavy (non-hydrogen) atoms. The van der Waals surface area contributed by atoms with Crippen molar-refractivity contribution in [3.8, 4) is 0 Å². The highest BCUT2D eigenvalue weighted by atomic mass is 19.1. The van der Waals surface area contributed by atoms with Crippen LogP contribution in [0.25, 0.3) is 0 Å². The van der Waals surface area contributed by atoms with Crippen LogP contribution in [0.5, 0.6) is 0 Å². The molecule has 1 fully saturated rings. The van der Waals surface area contributed by atoms with Gasteiger partial charge in [-0.1, -0.05) is 42.5 Å². The molecule has 2 nitrogen and oxygen atoms in total. The summed E-state index contributed by atoms with van der Waals surface area (Å²) >= 11 is 0. The molecule has 2 aromatic carbocycles. The highest BCUT2D eigenvalue weighted by molar-refractivity contribution is 6.05. The molecule has 3 heteroatoms. The minimum Gasteiger partial charge on any atom is -0.300 e. The van der Waals surface area contributed by atoms with Crippen LogP contribution < -0.4 is 0 Å². The van der Waals surface area contributed by atoms with E-state index in [9.17, 15) is 14.0 Å². The van der Waals surface area contributed by atoms with Gasteiger partial charge in [-0.2, -0.15) is 0 Å². The van der Waals surface area contributed by atoms with Crippen LogP contribution in [0.4, 0.5) is 4.39 Å². The molecule has 0 heterocycles. The number of Topliss-reactive ketones (excluding diaryl/α,β-unsaturated/α-hetero) is 2. The maximum absolute atomic E-state index is 13.0. The van der Waals surface area contributed by atoms with Crippen LogP contribution in [0, 0.1) is 17.7 Å². The van der Waals surface area contributed by atoms with Crippen molar-refractivity contribution in [3.05, 3.63) is 71.5 Å². The van der Waals surface area contributed by atoms with Gasteiger partial charge < -0.3 is 0 Å². The summed E-state index contributed by atoms with van der Waals surface area (Å²) in [6, 6.07) is 15.1. The molecule has 0 aliphatic heterocycles. The van der Waals surface area contributed by atoms with E-state index in [2.05, 4.69) is 0 Å². The predicted octanol–water partition coefficient (Wildman–Crippen LogP) is 3.63. The third-order valence-corrected chi connectivity index (χ3v) is 4.11. The Labute approximate surface area is 122 Å². The van der Waals surface area contributed by atoms with E-state index < -0.39 is 0 Å². The van der Waals surface area contributed by atoms with Gasteiger partial charge in [0.25, 0.3) is 0 Å².